The van der Waals surface area contributed by atoms with Crippen LogP contribution in [0.5, 0.6) is 11.5 Å². The number of fused-ring (bicyclic) bond motifs is 1. The van der Waals surface area contributed by atoms with Crippen molar-refractivity contribution in [1.82, 2.24) is 4.98 Å². The standard InChI is InChI=1S/C24H20N2O4/c1-29-15-17-13-23(27)26-22-14-18(9-12-21(17)22)25-24(28)16-7-10-20(11-8-16)30-19-5-3-2-4-6-19/h2-14H,15H2,1H3,(H,25,28)(H,26,27). The largest absolute Gasteiger partial charge is 0.457 e. The molecular weight excluding hydrogens is 380 g/mol. The molecule has 0 unspecified atom stereocenters. The van der Waals surface area contributed by atoms with Crippen LogP contribution in [0.4, 0.5) is 5.69 Å². The normalized spacial score (nSPS) is 10.7. The van der Waals surface area contributed by atoms with Gasteiger partial charge in [0.2, 0.25) is 5.56 Å². The third-order valence-electron chi connectivity index (χ3n) is 4.58. The van der Waals surface area contributed by atoms with Gasteiger partial charge in [0, 0.05) is 29.8 Å². The number of pyridine rings is 1. The van der Waals surface area contributed by atoms with Crippen molar-refractivity contribution in [2.24, 2.45) is 0 Å². The van der Waals surface area contributed by atoms with Crippen LogP contribution in [0.3, 0.4) is 0 Å². The number of benzene rings is 3. The number of hydrogen-bond donors (Lipinski definition) is 2. The maximum absolute atomic E-state index is 12.6. The number of carbonyl (C=O) groups is 1. The molecule has 30 heavy (non-hydrogen) atoms. The number of aromatic nitrogens is 1. The molecule has 1 aromatic heterocycles. The van der Waals surface area contributed by atoms with Crippen molar-refractivity contribution in [2.45, 2.75) is 6.61 Å². The van der Waals surface area contributed by atoms with E-state index in [2.05, 4.69) is 10.3 Å². The molecule has 0 aliphatic carbocycles. The van der Waals surface area contributed by atoms with E-state index in [-0.39, 0.29) is 11.5 Å². The number of anilines is 1. The Morgan fingerprint density at radius 2 is 1.67 bits per heavy atom. The molecule has 4 rings (SSSR count). The van der Waals surface area contributed by atoms with Gasteiger partial charge in [0.05, 0.1) is 12.1 Å². The van der Waals surface area contributed by atoms with Crippen LogP contribution in [0.1, 0.15) is 15.9 Å². The molecule has 0 fully saturated rings. The summed E-state index contributed by atoms with van der Waals surface area (Å²) in [6.07, 6.45) is 0. The van der Waals surface area contributed by atoms with Crippen LogP contribution in [-0.2, 0) is 11.3 Å². The van der Waals surface area contributed by atoms with Crippen LogP contribution in [0.15, 0.2) is 83.7 Å². The number of carbonyl (C=O) groups excluding carboxylic acids is 1. The molecule has 3 aromatic carbocycles. The van der Waals surface area contributed by atoms with E-state index in [0.717, 1.165) is 16.7 Å². The first-order valence-electron chi connectivity index (χ1n) is 9.41. The molecule has 4 aromatic rings. The molecule has 0 aliphatic rings. The minimum Gasteiger partial charge on any atom is -0.457 e. The van der Waals surface area contributed by atoms with Gasteiger partial charge in [0.25, 0.3) is 5.91 Å². The lowest BCUT2D eigenvalue weighted by molar-refractivity contribution is 0.102. The number of H-pyrrole nitrogens is 1. The summed E-state index contributed by atoms with van der Waals surface area (Å²) in [5.41, 5.74) is 2.30. The lowest BCUT2D eigenvalue weighted by atomic mass is 10.1. The third kappa shape index (κ3) is 4.39. The zero-order chi connectivity index (χ0) is 20.9. The first-order valence-corrected chi connectivity index (χ1v) is 9.41. The first-order chi connectivity index (χ1) is 14.6. The van der Waals surface area contributed by atoms with E-state index in [1.165, 1.54) is 6.07 Å². The number of para-hydroxylation sites is 1. The minimum absolute atomic E-state index is 0.216. The smallest absolute Gasteiger partial charge is 0.255 e. The highest BCUT2D eigenvalue weighted by Gasteiger charge is 2.09. The van der Waals surface area contributed by atoms with Crippen molar-refractivity contribution in [2.75, 3.05) is 12.4 Å². The van der Waals surface area contributed by atoms with Gasteiger partial charge in [0.1, 0.15) is 11.5 Å². The third-order valence-corrected chi connectivity index (χ3v) is 4.58. The second kappa shape index (κ2) is 8.63. The summed E-state index contributed by atoms with van der Waals surface area (Å²) < 4.78 is 10.9. The Kier molecular flexibility index (Phi) is 5.59. The average molecular weight is 400 g/mol. The van der Waals surface area contributed by atoms with E-state index in [0.29, 0.717) is 29.1 Å². The molecule has 150 valence electrons. The van der Waals surface area contributed by atoms with Gasteiger partial charge in [-0.1, -0.05) is 24.3 Å². The number of aromatic amines is 1. The van der Waals surface area contributed by atoms with E-state index in [4.69, 9.17) is 9.47 Å². The molecule has 0 saturated carbocycles. The van der Waals surface area contributed by atoms with Crippen molar-refractivity contribution >= 4 is 22.5 Å². The molecule has 2 N–H and O–H groups in total. The van der Waals surface area contributed by atoms with Crippen LogP contribution < -0.4 is 15.6 Å². The Morgan fingerprint density at radius 3 is 2.40 bits per heavy atom. The monoisotopic (exact) mass is 400 g/mol. The number of hydrogen-bond acceptors (Lipinski definition) is 4. The number of ether oxygens (including phenoxy) is 2. The number of nitrogens with one attached hydrogen (secondary N) is 2. The van der Waals surface area contributed by atoms with Gasteiger partial charge in [-0.2, -0.15) is 0 Å². The molecule has 0 spiro atoms. The maximum atomic E-state index is 12.6. The van der Waals surface area contributed by atoms with Crippen LogP contribution in [0, 0.1) is 0 Å². The average Bonchev–Trinajstić information content (AvgIpc) is 2.75. The molecule has 1 amide bonds. The zero-order valence-electron chi connectivity index (χ0n) is 16.3. The van der Waals surface area contributed by atoms with Crippen LogP contribution in [0.25, 0.3) is 10.9 Å². The van der Waals surface area contributed by atoms with Gasteiger partial charge in [-0.05, 0) is 54.1 Å². The van der Waals surface area contributed by atoms with Crippen molar-refractivity contribution in [3.63, 3.8) is 0 Å². The molecule has 6 nitrogen and oxygen atoms in total. The number of methoxy groups -OCH3 is 1. The van der Waals surface area contributed by atoms with Gasteiger partial charge in [-0.15, -0.1) is 0 Å². The van der Waals surface area contributed by atoms with Crippen molar-refractivity contribution in [3.8, 4) is 11.5 Å². The fourth-order valence-electron chi connectivity index (χ4n) is 3.19. The fraction of sp³-hybridized carbons (Fsp3) is 0.0833. The van der Waals surface area contributed by atoms with Crippen LogP contribution in [-0.4, -0.2) is 18.0 Å². The number of amides is 1. The lowest BCUT2D eigenvalue weighted by Gasteiger charge is -2.10. The highest BCUT2D eigenvalue weighted by atomic mass is 16.5. The van der Waals surface area contributed by atoms with Crippen molar-refractivity contribution < 1.29 is 14.3 Å². The minimum atomic E-state index is -0.254. The predicted molar refractivity (Wildman–Crippen MR) is 116 cm³/mol. The highest BCUT2D eigenvalue weighted by molar-refractivity contribution is 6.05. The van der Waals surface area contributed by atoms with E-state index in [1.807, 2.05) is 36.4 Å². The highest BCUT2D eigenvalue weighted by Crippen LogP contribution is 2.23. The summed E-state index contributed by atoms with van der Waals surface area (Å²) in [6, 6.07) is 23.2. The predicted octanol–water partition coefficient (Wildman–Crippen LogP) is 4.72. The second-order valence-electron chi connectivity index (χ2n) is 6.75. The van der Waals surface area contributed by atoms with E-state index in [1.54, 1.807) is 43.5 Å². The summed E-state index contributed by atoms with van der Waals surface area (Å²) in [4.78, 5) is 27.3. The Hall–Kier alpha value is -3.90. The summed E-state index contributed by atoms with van der Waals surface area (Å²) >= 11 is 0. The van der Waals surface area contributed by atoms with Crippen LogP contribution >= 0.6 is 0 Å². The van der Waals surface area contributed by atoms with Gasteiger partial charge in [-0.3, -0.25) is 9.59 Å². The van der Waals surface area contributed by atoms with Gasteiger partial charge in [-0.25, -0.2) is 0 Å². The molecule has 0 saturated heterocycles. The molecular formula is C24H20N2O4. The Bertz CT molecular complexity index is 1230. The zero-order valence-corrected chi connectivity index (χ0v) is 16.3. The Balaban J connectivity index is 1.50. The van der Waals surface area contributed by atoms with E-state index >= 15 is 0 Å². The first kappa shape index (κ1) is 19.4. The van der Waals surface area contributed by atoms with Gasteiger partial charge in [0.15, 0.2) is 0 Å². The van der Waals surface area contributed by atoms with E-state index < -0.39 is 0 Å². The maximum Gasteiger partial charge on any atom is 0.255 e. The van der Waals surface area contributed by atoms with Gasteiger partial charge >= 0.3 is 0 Å². The van der Waals surface area contributed by atoms with Crippen molar-refractivity contribution in [1.29, 1.82) is 0 Å². The topological polar surface area (TPSA) is 80.4 Å². The molecule has 0 atom stereocenters. The summed E-state index contributed by atoms with van der Waals surface area (Å²) in [5, 5.41) is 3.73. The molecule has 0 bridgehead atoms. The number of rotatable bonds is 6. The summed E-state index contributed by atoms with van der Waals surface area (Å²) in [7, 11) is 1.58. The Labute approximate surface area is 173 Å². The summed E-state index contributed by atoms with van der Waals surface area (Å²) in [5.74, 6) is 1.12. The fourth-order valence-corrected chi connectivity index (χ4v) is 3.19. The van der Waals surface area contributed by atoms with Crippen LogP contribution in [0.2, 0.25) is 0 Å². The second-order valence-corrected chi connectivity index (χ2v) is 6.75. The Morgan fingerprint density at radius 1 is 0.933 bits per heavy atom. The molecule has 1 heterocycles. The molecule has 0 radical (unpaired) electrons. The SMILES string of the molecule is COCc1cc(=O)[nH]c2cc(NC(=O)c3ccc(Oc4ccccc4)cc3)ccc12. The molecule has 6 heteroatoms. The quantitative estimate of drug-likeness (QED) is 0.491. The molecule has 0 aliphatic heterocycles. The van der Waals surface area contributed by atoms with E-state index in [9.17, 15) is 9.59 Å². The lowest BCUT2D eigenvalue weighted by Crippen LogP contribution is -2.12. The summed E-state index contributed by atoms with van der Waals surface area (Å²) in [6.45, 7) is 0.337. The van der Waals surface area contributed by atoms with Gasteiger partial charge < -0.3 is 19.8 Å². The van der Waals surface area contributed by atoms with Crippen molar-refractivity contribution in [3.05, 3.63) is 100 Å².